The van der Waals surface area contributed by atoms with Crippen LogP contribution in [-0.4, -0.2) is 13.0 Å². The summed E-state index contributed by atoms with van der Waals surface area (Å²) in [6.45, 7) is 0. The van der Waals surface area contributed by atoms with Gasteiger partial charge in [-0.1, -0.05) is 12.1 Å². The van der Waals surface area contributed by atoms with Crippen LogP contribution in [0.3, 0.4) is 0 Å². The fraction of sp³-hybridized carbons (Fsp3) is 0.100. The molecule has 0 aliphatic heterocycles. The third-order valence-corrected chi connectivity index (χ3v) is 1.61. The van der Waals surface area contributed by atoms with E-state index in [0.29, 0.717) is 0 Å². The first-order valence-electron chi connectivity index (χ1n) is 3.97. The molecule has 0 unspecified atom stereocenters. The lowest BCUT2D eigenvalue weighted by Crippen LogP contribution is -2.13. The van der Waals surface area contributed by atoms with Gasteiger partial charge in [0.25, 0.3) is 0 Å². The summed E-state index contributed by atoms with van der Waals surface area (Å²) < 4.78 is 0. The zero-order chi connectivity index (χ0) is 9.68. The van der Waals surface area contributed by atoms with Gasteiger partial charge in [-0.2, -0.15) is 0 Å². The molecular formula is C10H12N2O. The highest BCUT2D eigenvalue weighted by atomic mass is 16.1. The Balaban J connectivity index is 2.69. The van der Waals surface area contributed by atoms with Gasteiger partial charge in [0, 0.05) is 18.8 Å². The van der Waals surface area contributed by atoms with E-state index in [-0.39, 0.29) is 5.91 Å². The summed E-state index contributed by atoms with van der Waals surface area (Å²) in [5.74, 6) is -0.114. The fourth-order valence-electron chi connectivity index (χ4n) is 0.862. The molecule has 0 fully saturated rings. The number of nitrogen functional groups attached to an aromatic ring is 1. The molecule has 1 amide bonds. The smallest absolute Gasteiger partial charge is 0.243 e. The molecule has 0 saturated carbocycles. The Kier molecular flexibility index (Phi) is 3.09. The molecule has 1 aromatic carbocycles. The lowest BCUT2D eigenvalue weighted by Gasteiger charge is -1.94. The summed E-state index contributed by atoms with van der Waals surface area (Å²) in [7, 11) is 1.59. The molecule has 0 aromatic heterocycles. The number of anilines is 1. The number of hydrogen-bond donors (Lipinski definition) is 2. The highest BCUT2D eigenvalue weighted by molar-refractivity contribution is 5.91. The van der Waals surface area contributed by atoms with Crippen molar-refractivity contribution < 1.29 is 4.79 Å². The van der Waals surface area contributed by atoms with Gasteiger partial charge in [-0.15, -0.1) is 0 Å². The number of nitrogens with one attached hydrogen (secondary N) is 1. The molecular weight excluding hydrogens is 164 g/mol. The van der Waals surface area contributed by atoms with E-state index >= 15 is 0 Å². The van der Waals surface area contributed by atoms with E-state index in [1.54, 1.807) is 25.3 Å². The van der Waals surface area contributed by atoms with E-state index in [1.165, 1.54) is 6.08 Å². The van der Waals surface area contributed by atoms with Crippen LogP contribution in [0.2, 0.25) is 0 Å². The van der Waals surface area contributed by atoms with Gasteiger partial charge in [0.2, 0.25) is 5.91 Å². The summed E-state index contributed by atoms with van der Waals surface area (Å²) in [5, 5.41) is 2.50. The van der Waals surface area contributed by atoms with Crippen LogP contribution in [0.25, 0.3) is 6.08 Å². The van der Waals surface area contributed by atoms with Gasteiger partial charge in [-0.05, 0) is 23.8 Å². The predicted molar refractivity (Wildman–Crippen MR) is 54.0 cm³/mol. The molecule has 0 atom stereocenters. The van der Waals surface area contributed by atoms with Gasteiger partial charge in [0.05, 0.1) is 0 Å². The molecule has 1 rings (SSSR count). The van der Waals surface area contributed by atoms with Gasteiger partial charge in [-0.3, -0.25) is 4.79 Å². The Labute approximate surface area is 77.3 Å². The molecule has 0 bridgehead atoms. The minimum Gasteiger partial charge on any atom is -0.399 e. The van der Waals surface area contributed by atoms with E-state index in [4.69, 9.17) is 5.73 Å². The zero-order valence-electron chi connectivity index (χ0n) is 7.45. The van der Waals surface area contributed by atoms with Crippen LogP contribution in [-0.2, 0) is 4.79 Å². The number of benzene rings is 1. The van der Waals surface area contributed by atoms with Crippen molar-refractivity contribution in [2.75, 3.05) is 12.8 Å². The molecule has 1 aromatic rings. The summed E-state index contributed by atoms with van der Waals surface area (Å²) in [4.78, 5) is 10.8. The second-order valence-electron chi connectivity index (χ2n) is 2.61. The summed E-state index contributed by atoms with van der Waals surface area (Å²) in [6, 6.07) is 7.30. The van der Waals surface area contributed by atoms with E-state index in [1.807, 2.05) is 12.1 Å². The Morgan fingerprint density at radius 3 is 2.54 bits per heavy atom. The van der Waals surface area contributed by atoms with Crippen LogP contribution in [0, 0.1) is 0 Å². The first kappa shape index (κ1) is 9.32. The first-order chi connectivity index (χ1) is 6.22. The van der Waals surface area contributed by atoms with Crippen LogP contribution in [0.5, 0.6) is 0 Å². The van der Waals surface area contributed by atoms with E-state index < -0.39 is 0 Å². The quantitative estimate of drug-likeness (QED) is 0.522. The maximum absolute atomic E-state index is 10.8. The van der Waals surface area contributed by atoms with Gasteiger partial charge in [0.1, 0.15) is 0 Å². The molecule has 0 spiro atoms. The molecule has 3 nitrogen and oxygen atoms in total. The molecule has 68 valence electrons. The van der Waals surface area contributed by atoms with Crippen molar-refractivity contribution in [2.24, 2.45) is 0 Å². The van der Waals surface area contributed by atoms with Crippen molar-refractivity contribution in [2.45, 2.75) is 0 Å². The molecule has 13 heavy (non-hydrogen) atoms. The van der Waals surface area contributed by atoms with E-state index in [2.05, 4.69) is 5.32 Å². The molecule has 0 aliphatic rings. The minimum atomic E-state index is -0.114. The third-order valence-electron chi connectivity index (χ3n) is 1.61. The van der Waals surface area contributed by atoms with Crippen LogP contribution < -0.4 is 11.1 Å². The largest absolute Gasteiger partial charge is 0.399 e. The van der Waals surface area contributed by atoms with Crippen molar-refractivity contribution in [1.29, 1.82) is 0 Å². The molecule has 3 heteroatoms. The Bertz CT molecular complexity index is 314. The number of nitrogens with two attached hydrogens (primary N) is 1. The van der Waals surface area contributed by atoms with Gasteiger partial charge in [0.15, 0.2) is 0 Å². The molecule has 0 aliphatic carbocycles. The summed E-state index contributed by atoms with van der Waals surface area (Å²) >= 11 is 0. The summed E-state index contributed by atoms with van der Waals surface area (Å²) in [6.07, 6.45) is 3.21. The summed E-state index contributed by atoms with van der Waals surface area (Å²) in [5.41, 5.74) is 7.18. The maximum atomic E-state index is 10.8. The fourth-order valence-corrected chi connectivity index (χ4v) is 0.862. The monoisotopic (exact) mass is 176 g/mol. The number of hydrogen-bond acceptors (Lipinski definition) is 2. The van der Waals surface area contributed by atoms with E-state index in [0.717, 1.165) is 11.3 Å². The highest BCUT2D eigenvalue weighted by Gasteiger charge is 1.89. The van der Waals surface area contributed by atoms with E-state index in [9.17, 15) is 4.79 Å². The topological polar surface area (TPSA) is 55.1 Å². The number of carbonyl (C=O) groups is 1. The minimum absolute atomic E-state index is 0.114. The van der Waals surface area contributed by atoms with Crippen molar-refractivity contribution in [3.05, 3.63) is 35.9 Å². The second kappa shape index (κ2) is 4.30. The standard InChI is InChI=1S/C10H12N2O/c1-12-10(13)7-4-8-2-5-9(11)6-3-8/h2-7H,11H2,1H3,(H,12,13)/b7-4+. The van der Waals surface area contributed by atoms with Crippen LogP contribution >= 0.6 is 0 Å². The van der Waals surface area contributed by atoms with Gasteiger partial charge in [-0.25, -0.2) is 0 Å². The molecule has 0 radical (unpaired) electrons. The number of carbonyl (C=O) groups excluding carboxylic acids is 1. The Morgan fingerprint density at radius 1 is 1.38 bits per heavy atom. The average Bonchev–Trinajstić information content (AvgIpc) is 2.16. The number of amides is 1. The second-order valence-corrected chi connectivity index (χ2v) is 2.61. The molecule has 3 N–H and O–H groups in total. The molecule has 0 heterocycles. The Morgan fingerprint density at radius 2 is 2.00 bits per heavy atom. The normalized spacial score (nSPS) is 10.2. The third kappa shape index (κ3) is 2.99. The van der Waals surface area contributed by atoms with Crippen molar-refractivity contribution in [3.8, 4) is 0 Å². The predicted octanol–water partition coefficient (Wildman–Crippen LogP) is 1.03. The lowest BCUT2D eigenvalue weighted by atomic mass is 10.2. The van der Waals surface area contributed by atoms with Crippen molar-refractivity contribution >= 4 is 17.7 Å². The van der Waals surface area contributed by atoms with Gasteiger partial charge < -0.3 is 11.1 Å². The highest BCUT2D eigenvalue weighted by Crippen LogP contribution is 2.06. The maximum Gasteiger partial charge on any atom is 0.243 e. The van der Waals surface area contributed by atoms with Gasteiger partial charge >= 0.3 is 0 Å². The Hall–Kier alpha value is -1.77. The zero-order valence-corrected chi connectivity index (χ0v) is 7.45. The van der Waals surface area contributed by atoms with Crippen molar-refractivity contribution in [3.63, 3.8) is 0 Å². The van der Waals surface area contributed by atoms with Crippen LogP contribution in [0.1, 0.15) is 5.56 Å². The number of rotatable bonds is 2. The van der Waals surface area contributed by atoms with Crippen LogP contribution in [0.4, 0.5) is 5.69 Å². The molecule has 0 saturated heterocycles. The SMILES string of the molecule is CNC(=O)/C=C/c1ccc(N)cc1. The first-order valence-corrected chi connectivity index (χ1v) is 3.97. The van der Waals surface area contributed by atoms with Crippen molar-refractivity contribution in [1.82, 2.24) is 5.32 Å². The number of likely N-dealkylation sites (N-methyl/N-ethyl adjacent to an activating group) is 1. The lowest BCUT2D eigenvalue weighted by molar-refractivity contribution is -0.115. The van der Waals surface area contributed by atoms with Crippen LogP contribution in [0.15, 0.2) is 30.3 Å². The average molecular weight is 176 g/mol.